The molecule has 0 saturated carbocycles. The van der Waals surface area contributed by atoms with E-state index >= 15 is 0 Å². The van der Waals surface area contributed by atoms with Crippen molar-refractivity contribution in [2.75, 3.05) is 0 Å². The van der Waals surface area contributed by atoms with Crippen LogP contribution < -0.4 is 0 Å². The first kappa shape index (κ1) is 25.8. The predicted octanol–water partition coefficient (Wildman–Crippen LogP) is 5.68. The van der Waals surface area contributed by atoms with Crippen LogP contribution in [0.4, 0.5) is 8.78 Å². The van der Waals surface area contributed by atoms with E-state index in [9.17, 15) is 8.78 Å². The van der Waals surface area contributed by atoms with Crippen molar-refractivity contribution in [1.82, 2.24) is 0 Å². The zero-order valence-electron chi connectivity index (χ0n) is 21.4. The van der Waals surface area contributed by atoms with Crippen molar-refractivity contribution in [3.63, 3.8) is 0 Å². The van der Waals surface area contributed by atoms with Crippen molar-refractivity contribution in [1.29, 1.82) is 5.26 Å². The molecule has 0 radical (unpaired) electrons. The van der Waals surface area contributed by atoms with Gasteiger partial charge in [-0.05, 0) is 91.1 Å². The molecule has 2 saturated heterocycles. The van der Waals surface area contributed by atoms with E-state index in [1.165, 1.54) is 18.2 Å². The van der Waals surface area contributed by atoms with Crippen LogP contribution >= 0.6 is 0 Å². The molecule has 0 bridgehead atoms. The molecule has 2 heterocycles. The number of hydrogen-bond acceptors (Lipinski definition) is 5. The molecule has 5 nitrogen and oxygen atoms in total. The normalized spacial score (nSPS) is 24.6. The molecular weight excluding hydrogens is 450 g/mol. The Morgan fingerprint density at radius 1 is 0.743 bits per heavy atom. The lowest BCUT2D eigenvalue weighted by atomic mass is 9.49. The molecule has 2 fully saturated rings. The van der Waals surface area contributed by atoms with Gasteiger partial charge in [0.05, 0.1) is 34.0 Å². The highest BCUT2D eigenvalue weighted by Crippen LogP contribution is 2.45. The first-order chi connectivity index (χ1) is 16.2. The lowest BCUT2D eigenvalue weighted by Crippen LogP contribution is -2.45. The summed E-state index contributed by atoms with van der Waals surface area (Å²) in [6.07, 6.45) is 1.14. The highest BCUT2D eigenvalue weighted by Gasteiger charge is 2.64. The molecule has 184 valence electrons. The van der Waals surface area contributed by atoms with E-state index in [1.807, 2.05) is 54.5 Å². The van der Waals surface area contributed by atoms with Crippen molar-refractivity contribution in [2.24, 2.45) is 0 Å². The Morgan fingerprint density at radius 3 is 1.94 bits per heavy atom. The van der Waals surface area contributed by atoms with Crippen LogP contribution in [-0.2, 0) is 25.0 Å². The zero-order valence-corrected chi connectivity index (χ0v) is 21.4. The lowest BCUT2D eigenvalue weighted by molar-refractivity contribution is -0.0152. The number of rotatable bonds is 5. The standard InChI is InChI=1S/C26H31B2F2NO4/c1-23(2)24(3,4)33-27(32-23)28-34-25(5,6)26(7,35-28)13-12-17-9-11-21(29)20(14-17)19-10-8-18(16-31)15-22(19)30/h8-11,14-15H,12-13H2,1-7H3. The molecule has 2 aliphatic rings. The Bertz CT molecular complexity index is 1160. The molecule has 0 N–H and O–H groups in total. The van der Waals surface area contributed by atoms with Gasteiger partial charge in [-0.3, -0.25) is 0 Å². The maximum absolute atomic E-state index is 14.6. The van der Waals surface area contributed by atoms with Crippen LogP contribution in [0.1, 0.15) is 66.0 Å². The van der Waals surface area contributed by atoms with E-state index in [-0.39, 0.29) is 16.7 Å². The first-order valence-corrected chi connectivity index (χ1v) is 11.9. The van der Waals surface area contributed by atoms with E-state index in [4.69, 9.17) is 23.9 Å². The van der Waals surface area contributed by atoms with Gasteiger partial charge in [0.2, 0.25) is 0 Å². The second-order valence-corrected chi connectivity index (χ2v) is 11.1. The Kier molecular flexibility index (Phi) is 6.43. The zero-order chi connectivity index (χ0) is 25.8. The molecule has 0 spiro atoms. The highest BCUT2D eigenvalue weighted by molar-refractivity contribution is 7.11. The summed E-state index contributed by atoms with van der Waals surface area (Å²) in [6.45, 7) is 13.9. The van der Waals surface area contributed by atoms with E-state index in [1.54, 1.807) is 12.1 Å². The average Bonchev–Trinajstić information content (AvgIpc) is 3.14. The average molecular weight is 481 g/mol. The molecule has 0 aromatic heterocycles. The van der Waals surface area contributed by atoms with Crippen LogP contribution in [0.15, 0.2) is 36.4 Å². The minimum absolute atomic E-state index is 0.121. The first-order valence-electron chi connectivity index (χ1n) is 11.9. The topological polar surface area (TPSA) is 60.7 Å². The van der Waals surface area contributed by atoms with E-state index in [0.717, 1.165) is 11.6 Å². The Labute approximate surface area is 207 Å². The molecule has 1 atom stereocenters. The van der Waals surface area contributed by atoms with Gasteiger partial charge in [0.25, 0.3) is 0 Å². The van der Waals surface area contributed by atoms with Gasteiger partial charge in [0.15, 0.2) is 0 Å². The van der Waals surface area contributed by atoms with Gasteiger partial charge in [-0.15, -0.1) is 0 Å². The molecule has 2 aromatic rings. The van der Waals surface area contributed by atoms with Crippen molar-refractivity contribution in [3.05, 3.63) is 59.2 Å². The Morgan fingerprint density at radius 2 is 1.34 bits per heavy atom. The number of nitriles is 1. The summed E-state index contributed by atoms with van der Waals surface area (Å²) in [5.41, 5.74) is -1.00. The summed E-state index contributed by atoms with van der Waals surface area (Å²) in [5, 5.41) is 8.97. The van der Waals surface area contributed by atoms with Gasteiger partial charge >= 0.3 is 14.0 Å². The molecule has 9 heteroatoms. The van der Waals surface area contributed by atoms with Gasteiger partial charge < -0.3 is 18.6 Å². The summed E-state index contributed by atoms with van der Waals surface area (Å²) in [5.74, 6) is -1.16. The van der Waals surface area contributed by atoms with Crippen molar-refractivity contribution >= 4 is 14.0 Å². The fourth-order valence-electron chi connectivity index (χ4n) is 4.43. The molecule has 4 rings (SSSR count). The largest absolute Gasteiger partial charge is 0.488 e. The van der Waals surface area contributed by atoms with Crippen LogP contribution in [0.25, 0.3) is 11.1 Å². The second kappa shape index (κ2) is 8.70. The summed E-state index contributed by atoms with van der Waals surface area (Å²) >= 11 is 0. The maximum Gasteiger partial charge on any atom is 0.488 e. The monoisotopic (exact) mass is 481 g/mol. The number of aryl methyl sites for hydroxylation is 1. The fourth-order valence-corrected chi connectivity index (χ4v) is 4.43. The van der Waals surface area contributed by atoms with Gasteiger partial charge in [-0.25, -0.2) is 8.78 Å². The number of halogens is 2. The van der Waals surface area contributed by atoms with Crippen LogP contribution in [0.2, 0.25) is 0 Å². The number of hydrogen-bond donors (Lipinski definition) is 0. The number of nitrogens with zero attached hydrogens (tertiary/aromatic N) is 1. The molecule has 2 aliphatic heterocycles. The Hall–Kier alpha value is -2.24. The third kappa shape index (κ3) is 4.65. The second-order valence-electron chi connectivity index (χ2n) is 11.1. The van der Waals surface area contributed by atoms with Gasteiger partial charge in [0.1, 0.15) is 11.6 Å². The smallest absolute Gasteiger partial charge is 0.405 e. The molecule has 0 amide bonds. The summed E-state index contributed by atoms with van der Waals surface area (Å²) in [6, 6.07) is 10.6. The SMILES string of the molecule is CC1(C)OB(B2OC(C)(C)C(C)(CCc3ccc(F)c(-c4ccc(C#N)cc4F)c3)O2)OC1(C)C. The molecule has 1 unspecified atom stereocenters. The van der Waals surface area contributed by atoms with Crippen molar-refractivity contribution in [3.8, 4) is 17.2 Å². The minimum Gasteiger partial charge on any atom is -0.405 e. The number of benzene rings is 2. The Balaban J connectivity index is 1.51. The van der Waals surface area contributed by atoms with E-state index in [2.05, 4.69) is 0 Å². The van der Waals surface area contributed by atoms with E-state index < -0.39 is 48.1 Å². The molecule has 35 heavy (non-hydrogen) atoms. The predicted molar refractivity (Wildman–Crippen MR) is 131 cm³/mol. The molecule has 2 aromatic carbocycles. The molecular formula is C26H31B2F2NO4. The van der Waals surface area contributed by atoms with Crippen molar-refractivity contribution < 1.29 is 27.4 Å². The van der Waals surface area contributed by atoms with Crippen LogP contribution in [0.3, 0.4) is 0 Å². The van der Waals surface area contributed by atoms with Crippen LogP contribution in [-0.4, -0.2) is 36.4 Å². The lowest BCUT2D eigenvalue weighted by Gasteiger charge is -2.36. The van der Waals surface area contributed by atoms with Crippen LogP contribution in [0.5, 0.6) is 0 Å². The van der Waals surface area contributed by atoms with Gasteiger partial charge in [0, 0.05) is 11.1 Å². The highest BCUT2D eigenvalue weighted by atomic mass is 19.1. The fraction of sp³-hybridized carbons (Fsp3) is 0.500. The summed E-state index contributed by atoms with van der Waals surface area (Å²) in [7, 11) is -1.34. The maximum atomic E-state index is 14.6. The third-order valence-electron chi connectivity index (χ3n) is 7.86. The van der Waals surface area contributed by atoms with E-state index in [0.29, 0.717) is 12.8 Å². The van der Waals surface area contributed by atoms with Crippen molar-refractivity contribution in [2.45, 2.75) is 83.7 Å². The van der Waals surface area contributed by atoms with Gasteiger partial charge in [-0.1, -0.05) is 12.1 Å². The van der Waals surface area contributed by atoms with Crippen LogP contribution in [0, 0.1) is 23.0 Å². The quantitative estimate of drug-likeness (QED) is 0.515. The minimum atomic E-state index is -0.687. The molecule has 0 aliphatic carbocycles. The third-order valence-corrected chi connectivity index (χ3v) is 7.86. The van der Waals surface area contributed by atoms with Gasteiger partial charge in [-0.2, -0.15) is 5.26 Å². The summed E-state index contributed by atoms with van der Waals surface area (Å²) < 4.78 is 54.1. The summed E-state index contributed by atoms with van der Waals surface area (Å²) in [4.78, 5) is 0.